The Balaban J connectivity index is 1.75. The number of furan rings is 1. The molecule has 0 amide bonds. The summed E-state index contributed by atoms with van der Waals surface area (Å²) in [4.78, 5) is 27.1. The second-order valence-corrected chi connectivity index (χ2v) is 7.04. The first kappa shape index (κ1) is 19.2. The van der Waals surface area contributed by atoms with E-state index in [4.69, 9.17) is 13.9 Å². The van der Waals surface area contributed by atoms with E-state index < -0.39 is 12.0 Å². The summed E-state index contributed by atoms with van der Waals surface area (Å²) >= 11 is 0. The van der Waals surface area contributed by atoms with E-state index in [1.807, 2.05) is 47.4 Å². The van der Waals surface area contributed by atoms with Gasteiger partial charge in [-0.1, -0.05) is 42.5 Å². The van der Waals surface area contributed by atoms with Gasteiger partial charge < -0.3 is 13.9 Å². The molecule has 150 valence electrons. The monoisotopic (exact) mass is 393 g/mol. The van der Waals surface area contributed by atoms with E-state index in [-0.39, 0.29) is 18.3 Å². The zero-order chi connectivity index (χ0) is 20.4. The average molecular weight is 393 g/mol. The van der Waals surface area contributed by atoms with Gasteiger partial charge in [-0.05, 0) is 30.5 Å². The predicted molar refractivity (Wildman–Crippen MR) is 107 cm³/mol. The van der Waals surface area contributed by atoms with Crippen LogP contribution in [-0.4, -0.2) is 36.6 Å². The first-order chi connectivity index (χ1) is 14.1. The van der Waals surface area contributed by atoms with Gasteiger partial charge in [-0.2, -0.15) is 0 Å². The molecule has 1 atom stereocenters. The van der Waals surface area contributed by atoms with Gasteiger partial charge in [-0.25, -0.2) is 4.79 Å². The Hall–Kier alpha value is -3.12. The molecule has 6 nitrogen and oxygen atoms in total. The molecule has 0 N–H and O–H groups in total. The van der Waals surface area contributed by atoms with Crippen molar-refractivity contribution in [1.82, 2.24) is 4.90 Å². The van der Waals surface area contributed by atoms with Crippen LogP contribution in [0.25, 0.3) is 11.0 Å². The molecule has 0 fully saturated rings. The maximum Gasteiger partial charge on any atom is 0.374 e. The third kappa shape index (κ3) is 3.63. The van der Waals surface area contributed by atoms with E-state index in [9.17, 15) is 9.59 Å². The molecular weight excluding hydrogens is 370 g/mol. The number of esters is 2. The molecule has 4 rings (SSSR count). The number of carbonyl (C=O) groups is 2. The lowest BCUT2D eigenvalue weighted by Gasteiger charge is -2.35. The van der Waals surface area contributed by atoms with Gasteiger partial charge in [0.15, 0.2) is 0 Å². The number of carbonyl (C=O) groups excluding carboxylic acids is 2. The van der Waals surface area contributed by atoms with Crippen LogP contribution in [-0.2, 0) is 33.8 Å². The Morgan fingerprint density at radius 1 is 1.10 bits per heavy atom. The number of benzene rings is 2. The maximum absolute atomic E-state index is 12.5. The molecule has 0 spiro atoms. The SMILES string of the molecule is CCOC(=O)c1oc2ccccc2c1CN1Cc2ccccc2CC1C(=O)OC. The number of rotatable bonds is 5. The number of hydrogen-bond donors (Lipinski definition) is 0. The first-order valence-corrected chi connectivity index (χ1v) is 9.68. The van der Waals surface area contributed by atoms with Crippen LogP contribution in [0, 0.1) is 0 Å². The Labute approximate surface area is 169 Å². The van der Waals surface area contributed by atoms with Gasteiger partial charge in [-0.3, -0.25) is 9.69 Å². The van der Waals surface area contributed by atoms with Crippen molar-refractivity contribution in [2.75, 3.05) is 13.7 Å². The van der Waals surface area contributed by atoms with Crippen LogP contribution in [0.1, 0.15) is 34.2 Å². The minimum Gasteiger partial charge on any atom is -0.468 e. The second-order valence-electron chi connectivity index (χ2n) is 7.04. The van der Waals surface area contributed by atoms with Gasteiger partial charge in [0, 0.05) is 24.0 Å². The summed E-state index contributed by atoms with van der Waals surface area (Å²) < 4.78 is 16.1. The van der Waals surface area contributed by atoms with Crippen LogP contribution in [0.3, 0.4) is 0 Å². The first-order valence-electron chi connectivity index (χ1n) is 9.68. The molecule has 0 radical (unpaired) electrons. The standard InChI is InChI=1S/C23H23NO5/c1-3-28-23(26)21-18(17-10-6-7-11-20(17)29-21)14-24-13-16-9-5-4-8-15(16)12-19(24)22(25)27-2/h4-11,19H,3,12-14H2,1-2H3. The molecule has 0 saturated carbocycles. The van der Waals surface area contributed by atoms with E-state index in [0.29, 0.717) is 25.1 Å². The van der Waals surface area contributed by atoms with Crippen molar-refractivity contribution in [2.45, 2.75) is 32.5 Å². The highest BCUT2D eigenvalue weighted by Crippen LogP contribution is 2.31. The van der Waals surface area contributed by atoms with E-state index in [1.54, 1.807) is 6.92 Å². The Morgan fingerprint density at radius 3 is 2.59 bits per heavy atom. The van der Waals surface area contributed by atoms with E-state index in [2.05, 4.69) is 6.07 Å². The van der Waals surface area contributed by atoms with Crippen LogP contribution in [0.4, 0.5) is 0 Å². The zero-order valence-corrected chi connectivity index (χ0v) is 16.5. The summed E-state index contributed by atoms with van der Waals surface area (Å²) in [6.45, 7) is 2.98. The molecule has 1 aliphatic rings. The number of ether oxygens (including phenoxy) is 2. The molecule has 0 bridgehead atoms. The molecule has 2 aromatic carbocycles. The van der Waals surface area contributed by atoms with Crippen molar-refractivity contribution < 1.29 is 23.5 Å². The zero-order valence-electron chi connectivity index (χ0n) is 16.5. The lowest BCUT2D eigenvalue weighted by atomic mass is 9.93. The molecule has 0 saturated heterocycles. The quantitative estimate of drug-likeness (QED) is 0.616. The van der Waals surface area contributed by atoms with Crippen molar-refractivity contribution in [3.05, 3.63) is 71.0 Å². The van der Waals surface area contributed by atoms with Gasteiger partial charge in [0.05, 0.1) is 13.7 Å². The summed E-state index contributed by atoms with van der Waals surface area (Å²) in [6.07, 6.45) is 0.563. The third-order valence-corrected chi connectivity index (χ3v) is 5.34. The van der Waals surface area contributed by atoms with Crippen LogP contribution in [0.5, 0.6) is 0 Å². The highest BCUT2D eigenvalue weighted by molar-refractivity contribution is 5.96. The summed E-state index contributed by atoms with van der Waals surface area (Å²) in [5.41, 5.74) is 3.66. The Morgan fingerprint density at radius 2 is 1.83 bits per heavy atom. The van der Waals surface area contributed by atoms with Crippen LogP contribution in [0.2, 0.25) is 0 Å². The normalized spacial score (nSPS) is 16.4. The number of fused-ring (bicyclic) bond motifs is 2. The summed E-state index contributed by atoms with van der Waals surface area (Å²) in [7, 11) is 1.40. The van der Waals surface area contributed by atoms with E-state index in [1.165, 1.54) is 7.11 Å². The van der Waals surface area contributed by atoms with Gasteiger partial charge in [0.25, 0.3) is 0 Å². The van der Waals surface area contributed by atoms with Crippen molar-refractivity contribution in [3.8, 4) is 0 Å². The van der Waals surface area contributed by atoms with Crippen LogP contribution < -0.4 is 0 Å². The fraction of sp³-hybridized carbons (Fsp3) is 0.304. The summed E-state index contributed by atoms with van der Waals surface area (Å²) in [5.74, 6) is -0.591. The molecule has 2 heterocycles. The Kier molecular flexibility index (Phi) is 5.36. The molecule has 1 aromatic heterocycles. The van der Waals surface area contributed by atoms with Crippen molar-refractivity contribution in [2.24, 2.45) is 0 Å². The highest BCUT2D eigenvalue weighted by Gasteiger charge is 2.34. The average Bonchev–Trinajstić information content (AvgIpc) is 3.11. The lowest BCUT2D eigenvalue weighted by Crippen LogP contribution is -2.45. The van der Waals surface area contributed by atoms with Gasteiger partial charge >= 0.3 is 11.9 Å². The molecule has 3 aromatic rings. The minimum absolute atomic E-state index is 0.190. The number of hydrogen-bond acceptors (Lipinski definition) is 6. The Bertz CT molecular complexity index is 1050. The fourth-order valence-electron chi connectivity index (χ4n) is 3.93. The van der Waals surface area contributed by atoms with Gasteiger partial charge in [0.2, 0.25) is 5.76 Å². The van der Waals surface area contributed by atoms with Crippen molar-refractivity contribution >= 4 is 22.9 Å². The number of nitrogens with zero attached hydrogens (tertiary/aromatic N) is 1. The largest absolute Gasteiger partial charge is 0.468 e. The predicted octanol–water partition coefficient (Wildman–Crippen LogP) is 3.71. The molecule has 1 unspecified atom stereocenters. The van der Waals surface area contributed by atoms with Crippen LogP contribution in [0.15, 0.2) is 52.9 Å². The summed E-state index contributed by atoms with van der Waals surface area (Å²) in [6, 6.07) is 15.2. The smallest absolute Gasteiger partial charge is 0.374 e. The number of methoxy groups -OCH3 is 1. The highest BCUT2D eigenvalue weighted by atomic mass is 16.5. The maximum atomic E-state index is 12.5. The summed E-state index contributed by atoms with van der Waals surface area (Å²) in [5, 5.41) is 0.845. The molecule has 0 aliphatic carbocycles. The number of para-hydroxylation sites is 1. The van der Waals surface area contributed by atoms with Crippen molar-refractivity contribution in [1.29, 1.82) is 0 Å². The van der Waals surface area contributed by atoms with Crippen molar-refractivity contribution in [3.63, 3.8) is 0 Å². The molecule has 1 aliphatic heterocycles. The van der Waals surface area contributed by atoms with E-state index in [0.717, 1.165) is 22.1 Å². The third-order valence-electron chi connectivity index (χ3n) is 5.34. The molecular formula is C23H23NO5. The molecule has 6 heteroatoms. The topological polar surface area (TPSA) is 69.0 Å². The van der Waals surface area contributed by atoms with E-state index >= 15 is 0 Å². The van der Waals surface area contributed by atoms with Gasteiger partial charge in [-0.15, -0.1) is 0 Å². The fourth-order valence-corrected chi connectivity index (χ4v) is 3.93. The lowest BCUT2D eigenvalue weighted by molar-refractivity contribution is -0.148. The van der Waals surface area contributed by atoms with Gasteiger partial charge in [0.1, 0.15) is 11.6 Å². The minimum atomic E-state index is -0.495. The van der Waals surface area contributed by atoms with Crippen LogP contribution >= 0.6 is 0 Å². The molecule has 29 heavy (non-hydrogen) atoms. The second kappa shape index (κ2) is 8.09.